The molecule has 2 N–H and O–H groups in total. The van der Waals surface area contributed by atoms with Gasteiger partial charge in [0.25, 0.3) is 6.43 Å². The fourth-order valence-corrected chi connectivity index (χ4v) is 6.73. The van der Waals surface area contributed by atoms with Crippen molar-refractivity contribution in [2.24, 2.45) is 5.41 Å². The highest BCUT2D eigenvalue weighted by Crippen LogP contribution is 2.51. The van der Waals surface area contributed by atoms with E-state index in [1.807, 2.05) is 19.1 Å². The lowest BCUT2D eigenvalue weighted by Crippen LogP contribution is -2.52. The lowest BCUT2D eigenvalue weighted by molar-refractivity contribution is -0.189. The number of hydrogen-bond acceptors (Lipinski definition) is 8. The quantitative estimate of drug-likeness (QED) is 0.249. The molecule has 0 aliphatic heterocycles. The van der Waals surface area contributed by atoms with E-state index in [0.29, 0.717) is 41.7 Å². The molecule has 0 saturated heterocycles. The molecule has 236 valence electrons. The van der Waals surface area contributed by atoms with Crippen molar-refractivity contribution < 1.29 is 23.4 Å². The fraction of sp³-hybridized carbons (Fsp3) is 0.529. The largest absolute Gasteiger partial charge is 0.462 e. The highest BCUT2D eigenvalue weighted by atomic mass is 19.3. The van der Waals surface area contributed by atoms with Crippen LogP contribution in [0.4, 0.5) is 20.4 Å². The lowest BCUT2D eigenvalue weighted by atomic mass is 9.62. The number of rotatable bonds is 9. The standard InChI is InChI=1S/C34H43F2N5O3/c1-22-18-27(39-30(19-22)40-29-20-23(31(35)36)14-17-37-29)24-8-13-28(38-21-24)33(2,43)34(15-6-5-7-16-34)32(42)44-26-11-9-25(10-12-26)41(3)4/h8,13-14,17-21,25-26,31,43H,5-7,9-12,15-16H2,1-4H3,(H,37,39,40)/t25-,26-,33-/m0/s1. The van der Waals surface area contributed by atoms with E-state index in [4.69, 9.17) is 4.74 Å². The smallest absolute Gasteiger partial charge is 0.315 e. The topological polar surface area (TPSA) is 100 Å². The number of anilines is 2. The normalized spacial score (nSPS) is 21.6. The number of nitrogens with zero attached hydrogens (tertiary/aromatic N) is 4. The van der Waals surface area contributed by atoms with Gasteiger partial charge in [-0.1, -0.05) is 19.3 Å². The first-order valence-corrected chi connectivity index (χ1v) is 15.5. The predicted molar refractivity (Wildman–Crippen MR) is 166 cm³/mol. The van der Waals surface area contributed by atoms with Gasteiger partial charge in [-0.2, -0.15) is 0 Å². The van der Waals surface area contributed by atoms with Crippen LogP contribution in [0.1, 0.15) is 88.0 Å². The molecule has 2 aliphatic rings. The van der Waals surface area contributed by atoms with E-state index < -0.39 is 17.4 Å². The van der Waals surface area contributed by atoms with E-state index in [-0.39, 0.29) is 23.5 Å². The van der Waals surface area contributed by atoms with Crippen LogP contribution in [-0.4, -0.2) is 57.2 Å². The first-order chi connectivity index (χ1) is 21.0. The molecule has 8 nitrogen and oxygen atoms in total. The SMILES string of the molecule is Cc1cc(Nc2cc(C(F)F)ccn2)nc(-c2ccc([C@](C)(O)C3(C(=O)O[C@H]4CC[C@H](N(C)C)CC4)CCCCC3)nc2)c1. The first kappa shape index (κ1) is 31.9. The zero-order chi connectivity index (χ0) is 31.5. The Labute approximate surface area is 258 Å². The third kappa shape index (κ3) is 6.76. The zero-order valence-corrected chi connectivity index (χ0v) is 26.0. The number of alkyl halides is 2. The molecule has 0 spiro atoms. The number of halogens is 2. The summed E-state index contributed by atoms with van der Waals surface area (Å²) in [5.41, 5.74) is -0.0786. The van der Waals surface area contributed by atoms with Gasteiger partial charge in [0.05, 0.1) is 11.4 Å². The van der Waals surface area contributed by atoms with Crippen LogP contribution in [0.15, 0.2) is 48.8 Å². The second kappa shape index (κ2) is 13.2. The van der Waals surface area contributed by atoms with Gasteiger partial charge in [0.15, 0.2) is 0 Å². The van der Waals surface area contributed by atoms with Crippen LogP contribution < -0.4 is 5.32 Å². The summed E-state index contributed by atoms with van der Waals surface area (Å²) in [5, 5.41) is 15.1. The minimum Gasteiger partial charge on any atom is -0.462 e. The number of ether oxygens (including phenoxy) is 1. The molecule has 2 fully saturated rings. The summed E-state index contributed by atoms with van der Waals surface area (Å²) < 4.78 is 32.5. The second-order valence-electron chi connectivity index (χ2n) is 12.8. The van der Waals surface area contributed by atoms with Crippen LogP contribution >= 0.6 is 0 Å². The van der Waals surface area contributed by atoms with Gasteiger partial charge >= 0.3 is 5.97 Å². The molecule has 0 bridgehead atoms. The number of aliphatic hydroxyl groups is 1. The van der Waals surface area contributed by atoms with Crippen molar-refractivity contribution in [3.05, 3.63) is 65.6 Å². The van der Waals surface area contributed by atoms with Crippen molar-refractivity contribution in [3.63, 3.8) is 0 Å². The van der Waals surface area contributed by atoms with E-state index in [1.165, 1.54) is 18.3 Å². The molecule has 0 amide bonds. The van der Waals surface area contributed by atoms with Gasteiger partial charge in [0, 0.05) is 29.6 Å². The Morgan fingerprint density at radius 1 is 1.05 bits per heavy atom. The number of aromatic nitrogens is 3. The molecule has 0 aromatic carbocycles. The van der Waals surface area contributed by atoms with Crippen molar-refractivity contribution in [2.45, 2.75) is 95.8 Å². The summed E-state index contributed by atoms with van der Waals surface area (Å²) in [7, 11) is 4.17. The Bertz CT molecular complexity index is 1430. The highest BCUT2D eigenvalue weighted by molar-refractivity contribution is 5.79. The fourth-order valence-electron chi connectivity index (χ4n) is 6.73. The number of carbonyl (C=O) groups is 1. The van der Waals surface area contributed by atoms with E-state index in [1.54, 1.807) is 25.3 Å². The number of aryl methyl sites for hydroxylation is 1. The van der Waals surface area contributed by atoms with Gasteiger partial charge in [-0.05, 0) is 108 Å². The Morgan fingerprint density at radius 2 is 1.77 bits per heavy atom. The average Bonchev–Trinajstić information content (AvgIpc) is 3.01. The number of pyridine rings is 3. The Kier molecular flexibility index (Phi) is 9.60. The maximum atomic E-state index is 13.9. The van der Waals surface area contributed by atoms with Gasteiger partial charge in [0.2, 0.25) is 0 Å². The molecular weight excluding hydrogens is 564 g/mol. The zero-order valence-electron chi connectivity index (χ0n) is 26.0. The average molecular weight is 608 g/mol. The van der Waals surface area contributed by atoms with Crippen LogP contribution in [-0.2, 0) is 15.1 Å². The highest BCUT2D eigenvalue weighted by Gasteiger charge is 2.56. The van der Waals surface area contributed by atoms with Gasteiger partial charge in [0.1, 0.15) is 28.8 Å². The van der Waals surface area contributed by atoms with Crippen LogP contribution in [0.3, 0.4) is 0 Å². The van der Waals surface area contributed by atoms with Crippen LogP contribution in [0, 0.1) is 12.3 Å². The molecule has 3 aromatic heterocycles. The van der Waals surface area contributed by atoms with Gasteiger partial charge < -0.3 is 20.1 Å². The molecule has 44 heavy (non-hydrogen) atoms. The molecule has 3 heterocycles. The number of nitrogens with one attached hydrogen (secondary N) is 1. The summed E-state index contributed by atoms with van der Waals surface area (Å²) in [5.74, 6) is 0.409. The summed E-state index contributed by atoms with van der Waals surface area (Å²) in [6, 6.07) is 10.4. The van der Waals surface area contributed by atoms with E-state index in [0.717, 1.165) is 50.5 Å². The molecule has 3 aromatic rings. The molecular formula is C34H43F2N5O3. The third-order valence-electron chi connectivity index (χ3n) is 9.50. The van der Waals surface area contributed by atoms with Crippen molar-refractivity contribution >= 4 is 17.6 Å². The van der Waals surface area contributed by atoms with Crippen molar-refractivity contribution in [2.75, 3.05) is 19.4 Å². The van der Waals surface area contributed by atoms with E-state index >= 15 is 0 Å². The molecule has 2 aliphatic carbocycles. The third-order valence-corrected chi connectivity index (χ3v) is 9.50. The number of esters is 1. The minimum atomic E-state index is -2.60. The monoisotopic (exact) mass is 607 g/mol. The predicted octanol–water partition coefficient (Wildman–Crippen LogP) is 7.10. The first-order valence-electron chi connectivity index (χ1n) is 15.5. The summed E-state index contributed by atoms with van der Waals surface area (Å²) >= 11 is 0. The van der Waals surface area contributed by atoms with E-state index in [2.05, 4.69) is 39.3 Å². The van der Waals surface area contributed by atoms with Gasteiger partial charge in [-0.25, -0.2) is 18.7 Å². The maximum Gasteiger partial charge on any atom is 0.315 e. The van der Waals surface area contributed by atoms with Gasteiger partial charge in [-0.3, -0.25) is 9.78 Å². The summed E-state index contributed by atoms with van der Waals surface area (Å²) in [6.07, 6.45) is 7.67. The van der Waals surface area contributed by atoms with Crippen molar-refractivity contribution in [3.8, 4) is 11.3 Å². The molecule has 0 unspecified atom stereocenters. The summed E-state index contributed by atoms with van der Waals surface area (Å²) in [4.78, 5) is 29.6. The van der Waals surface area contributed by atoms with Crippen LogP contribution in [0.5, 0.6) is 0 Å². The second-order valence-corrected chi connectivity index (χ2v) is 12.8. The molecule has 5 rings (SSSR count). The van der Waals surface area contributed by atoms with Crippen molar-refractivity contribution in [1.29, 1.82) is 0 Å². The Hall–Kier alpha value is -3.50. The number of carbonyl (C=O) groups excluding carboxylic acids is 1. The number of hydrogen-bond donors (Lipinski definition) is 2. The van der Waals surface area contributed by atoms with E-state index in [9.17, 15) is 18.7 Å². The summed E-state index contributed by atoms with van der Waals surface area (Å²) in [6.45, 7) is 3.61. The Morgan fingerprint density at radius 3 is 2.41 bits per heavy atom. The molecule has 1 atom stereocenters. The maximum absolute atomic E-state index is 13.9. The minimum absolute atomic E-state index is 0.126. The Balaban J connectivity index is 1.35. The van der Waals surface area contributed by atoms with Crippen LogP contribution in [0.25, 0.3) is 11.3 Å². The lowest BCUT2D eigenvalue weighted by Gasteiger charge is -2.46. The molecule has 0 radical (unpaired) electrons. The molecule has 10 heteroatoms. The van der Waals surface area contributed by atoms with Crippen LogP contribution in [0.2, 0.25) is 0 Å². The van der Waals surface area contributed by atoms with Crippen molar-refractivity contribution in [1.82, 2.24) is 19.9 Å². The molecule has 2 saturated carbocycles. The van der Waals surface area contributed by atoms with Gasteiger partial charge in [-0.15, -0.1) is 0 Å².